The minimum Gasteiger partial charge on any atom is -0.493 e. The van der Waals surface area contributed by atoms with Crippen LogP contribution in [0.25, 0.3) is 32.8 Å². The standard InChI is InChI=1S/C34H35N3O4/c1-22-31-28-13-7-12-26-27(14-8-20-41-30-15-6-10-23-9-2-3-11-25(23)30)33(34(38)39)36(32(26)28)18-4-5-19-40-21-29(31)35-37(22)24-16-17-24/h2-3,6-7,9-13,15,24H,4-5,8,14,16-21H2,1H3,(H,38,39). The molecule has 0 amide bonds. The predicted octanol–water partition coefficient (Wildman–Crippen LogP) is 7.32. The van der Waals surface area contributed by atoms with E-state index in [0.717, 1.165) is 81.2 Å². The molecule has 1 saturated carbocycles. The van der Waals surface area contributed by atoms with Gasteiger partial charge in [-0.1, -0.05) is 54.6 Å². The van der Waals surface area contributed by atoms with Gasteiger partial charge in [0, 0.05) is 40.7 Å². The minimum absolute atomic E-state index is 0.395. The van der Waals surface area contributed by atoms with Crippen LogP contribution < -0.4 is 4.74 Å². The highest BCUT2D eigenvalue weighted by Crippen LogP contribution is 2.42. The Balaban J connectivity index is 1.28. The van der Waals surface area contributed by atoms with Gasteiger partial charge in [-0.2, -0.15) is 5.10 Å². The van der Waals surface area contributed by atoms with E-state index in [1.807, 2.05) is 24.3 Å². The van der Waals surface area contributed by atoms with Crippen LogP contribution in [0.1, 0.15) is 65.6 Å². The van der Waals surface area contributed by atoms with Gasteiger partial charge in [0.15, 0.2) is 0 Å². The highest BCUT2D eigenvalue weighted by Gasteiger charge is 2.31. The first-order valence-electron chi connectivity index (χ1n) is 14.8. The fourth-order valence-electron chi connectivity index (χ4n) is 6.50. The van der Waals surface area contributed by atoms with Crippen LogP contribution in [-0.4, -0.2) is 38.6 Å². The molecule has 41 heavy (non-hydrogen) atoms. The SMILES string of the molecule is Cc1c2c(nn1C1CC1)COCCCCn1c(C(=O)O)c(CCCOc3cccc4ccccc34)c3cccc-2c31. The van der Waals surface area contributed by atoms with Gasteiger partial charge in [0.05, 0.1) is 30.5 Å². The molecule has 0 unspecified atom stereocenters. The van der Waals surface area contributed by atoms with Crippen LogP contribution in [0.2, 0.25) is 0 Å². The monoisotopic (exact) mass is 549 g/mol. The second-order valence-corrected chi connectivity index (χ2v) is 11.3. The minimum atomic E-state index is -0.881. The van der Waals surface area contributed by atoms with E-state index in [9.17, 15) is 9.90 Å². The van der Waals surface area contributed by atoms with Gasteiger partial charge in [-0.15, -0.1) is 0 Å². The number of carbonyl (C=O) groups is 1. The second-order valence-electron chi connectivity index (χ2n) is 11.3. The van der Waals surface area contributed by atoms with Gasteiger partial charge >= 0.3 is 5.97 Å². The number of hydrogen-bond acceptors (Lipinski definition) is 4. The van der Waals surface area contributed by atoms with E-state index >= 15 is 0 Å². The largest absolute Gasteiger partial charge is 0.493 e. The fourth-order valence-corrected chi connectivity index (χ4v) is 6.50. The molecule has 0 radical (unpaired) electrons. The van der Waals surface area contributed by atoms with Crippen molar-refractivity contribution < 1.29 is 19.4 Å². The summed E-state index contributed by atoms with van der Waals surface area (Å²) in [7, 11) is 0. The number of nitrogens with zero attached hydrogens (tertiary/aromatic N) is 3. The Hall–Kier alpha value is -4.10. The summed E-state index contributed by atoms with van der Waals surface area (Å²) in [6.07, 6.45) is 5.35. The van der Waals surface area contributed by atoms with E-state index in [0.29, 0.717) is 50.9 Å². The van der Waals surface area contributed by atoms with E-state index in [-0.39, 0.29) is 0 Å². The number of aromatic nitrogens is 3. The molecule has 1 fully saturated rings. The number of aromatic carboxylic acids is 1. The molecule has 210 valence electrons. The van der Waals surface area contributed by atoms with Crippen LogP contribution in [-0.2, 0) is 24.3 Å². The molecule has 0 spiro atoms. The zero-order valence-electron chi connectivity index (χ0n) is 23.4. The third kappa shape index (κ3) is 4.68. The maximum absolute atomic E-state index is 12.8. The first kappa shape index (κ1) is 25.8. The topological polar surface area (TPSA) is 78.5 Å². The van der Waals surface area contributed by atoms with Crippen LogP contribution in [0, 0.1) is 6.92 Å². The summed E-state index contributed by atoms with van der Waals surface area (Å²) < 4.78 is 16.5. The Kier molecular flexibility index (Phi) is 6.75. The maximum atomic E-state index is 12.8. The molecule has 0 bridgehead atoms. The van der Waals surface area contributed by atoms with E-state index in [1.54, 1.807) is 0 Å². The number of fused-ring (bicyclic) bond motifs is 3. The highest BCUT2D eigenvalue weighted by molar-refractivity contribution is 6.04. The first-order valence-corrected chi connectivity index (χ1v) is 14.8. The Morgan fingerprint density at radius 1 is 1.05 bits per heavy atom. The molecule has 5 aromatic rings. The van der Waals surface area contributed by atoms with Crippen LogP contribution >= 0.6 is 0 Å². The average Bonchev–Trinajstić information content (AvgIpc) is 3.70. The smallest absolute Gasteiger partial charge is 0.352 e. The molecule has 1 N–H and O–H groups in total. The van der Waals surface area contributed by atoms with Crippen molar-refractivity contribution >= 4 is 27.6 Å². The van der Waals surface area contributed by atoms with Crippen LogP contribution in [0.3, 0.4) is 0 Å². The van der Waals surface area contributed by atoms with E-state index in [2.05, 4.69) is 52.6 Å². The van der Waals surface area contributed by atoms with Crippen LogP contribution in [0.15, 0.2) is 60.7 Å². The molecule has 3 aromatic carbocycles. The van der Waals surface area contributed by atoms with E-state index < -0.39 is 5.97 Å². The number of rotatable bonds is 7. The second kappa shape index (κ2) is 10.7. The number of carboxylic acids is 1. The summed E-state index contributed by atoms with van der Waals surface area (Å²) in [5.41, 5.74) is 6.49. The van der Waals surface area contributed by atoms with Gasteiger partial charge < -0.3 is 19.1 Å². The van der Waals surface area contributed by atoms with Gasteiger partial charge in [-0.05, 0) is 62.5 Å². The van der Waals surface area contributed by atoms with Crippen molar-refractivity contribution in [1.82, 2.24) is 14.3 Å². The zero-order chi connectivity index (χ0) is 27.9. The Morgan fingerprint density at radius 2 is 1.85 bits per heavy atom. The normalized spacial score (nSPS) is 15.5. The number of aryl methyl sites for hydroxylation is 2. The van der Waals surface area contributed by atoms with Gasteiger partial charge in [0.2, 0.25) is 0 Å². The lowest BCUT2D eigenvalue weighted by Gasteiger charge is -2.12. The predicted molar refractivity (Wildman–Crippen MR) is 160 cm³/mol. The molecule has 0 saturated heterocycles. The fraction of sp³-hybridized carbons (Fsp3) is 0.353. The quantitative estimate of drug-likeness (QED) is 0.215. The summed E-state index contributed by atoms with van der Waals surface area (Å²) >= 11 is 0. The first-order chi connectivity index (χ1) is 20.1. The lowest BCUT2D eigenvalue weighted by molar-refractivity contribution is 0.0683. The van der Waals surface area contributed by atoms with Crippen molar-refractivity contribution in [1.29, 1.82) is 0 Å². The van der Waals surface area contributed by atoms with Crippen molar-refractivity contribution in [3.05, 3.63) is 83.3 Å². The highest BCUT2D eigenvalue weighted by atomic mass is 16.5. The van der Waals surface area contributed by atoms with Gasteiger partial charge in [-0.3, -0.25) is 4.68 Å². The van der Waals surface area contributed by atoms with Crippen molar-refractivity contribution in [3.63, 3.8) is 0 Å². The molecular weight excluding hydrogens is 514 g/mol. The molecule has 1 aliphatic heterocycles. The summed E-state index contributed by atoms with van der Waals surface area (Å²) in [5.74, 6) is -0.0208. The molecule has 0 atom stereocenters. The lowest BCUT2D eigenvalue weighted by Crippen LogP contribution is -2.12. The molecule has 3 heterocycles. The van der Waals surface area contributed by atoms with E-state index in [1.165, 1.54) is 0 Å². The van der Waals surface area contributed by atoms with Crippen molar-refractivity contribution in [3.8, 4) is 16.9 Å². The van der Waals surface area contributed by atoms with E-state index in [4.69, 9.17) is 14.6 Å². The molecule has 7 nitrogen and oxygen atoms in total. The summed E-state index contributed by atoms with van der Waals surface area (Å²) in [4.78, 5) is 12.8. The number of benzene rings is 3. The number of carboxylic acid groups (broad SMARTS) is 1. The number of para-hydroxylation sites is 1. The Bertz CT molecular complexity index is 1760. The average molecular weight is 550 g/mol. The number of hydrogen-bond donors (Lipinski definition) is 1. The van der Waals surface area contributed by atoms with Crippen LogP contribution in [0.5, 0.6) is 5.75 Å². The van der Waals surface area contributed by atoms with Crippen molar-refractivity contribution in [2.24, 2.45) is 0 Å². The zero-order valence-corrected chi connectivity index (χ0v) is 23.4. The van der Waals surface area contributed by atoms with Gasteiger partial charge in [-0.25, -0.2) is 4.79 Å². The molecular formula is C34H35N3O4. The summed E-state index contributed by atoms with van der Waals surface area (Å²) in [6.45, 7) is 4.39. The van der Waals surface area contributed by atoms with Crippen molar-refractivity contribution in [2.75, 3.05) is 13.2 Å². The third-order valence-electron chi connectivity index (χ3n) is 8.51. The van der Waals surface area contributed by atoms with Gasteiger partial charge in [0.1, 0.15) is 11.4 Å². The molecule has 2 aromatic heterocycles. The van der Waals surface area contributed by atoms with Crippen molar-refractivity contribution in [2.45, 2.75) is 64.6 Å². The third-order valence-corrected chi connectivity index (χ3v) is 8.51. The summed E-state index contributed by atoms with van der Waals surface area (Å²) in [5, 5.41) is 18.8. The molecule has 7 rings (SSSR count). The van der Waals surface area contributed by atoms with Gasteiger partial charge in [0.25, 0.3) is 0 Å². The molecule has 1 aliphatic carbocycles. The molecule has 7 heteroatoms. The number of ether oxygens (including phenoxy) is 2. The Labute approximate surface area is 239 Å². The lowest BCUT2D eigenvalue weighted by atomic mass is 9.98. The summed E-state index contributed by atoms with van der Waals surface area (Å²) in [6, 6.07) is 21.0. The maximum Gasteiger partial charge on any atom is 0.352 e. The Morgan fingerprint density at radius 3 is 2.71 bits per heavy atom. The van der Waals surface area contributed by atoms with Crippen LogP contribution in [0.4, 0.5) is 0 Å². The molecule has 2 aliphatic rings.